The van der Waals surface area contributed by atoms with Gasteiger partial charge >= 0.3 is 5.97 Å². The molecular formula is C14H17N3O3. The topological polar surface area (TPSA) is 77.1 Å². The molecule has 1 saturated carbocycles. The van der Waals surface area contributed by atoms with E-state index in [1.807, 2.05) is 6.92 Å². The smallest absolute Gasteiger partial charge is 0.326 e. The van der Waals surface area contributed by atoms with Crippen molar-refractivity contribution in [2.75, 3.05) is 0 Å². The average molecular weight is 275 g/mol. The maximum absolute atomic E-state index is 12.2. The molecule has 0 aliphatic heterocycles. The van der Waals surface area contributed by atoms with Crippen LogP contribution in [0, 0.1) is 6.92 Å². The fourth-order valence-electron chi connectivity index (χ4n) is 2.75. The lowest BCUT2D eigenvalue weighted by Gasteiger charge is -2.14. The van der Waals surface area contributed by atoms with Gasteiger partial charge in [0.15, 0.2) is 0 Å². The Labute approximate surface area is 115 Å². The van der Waals surface area contributed by atoms with Crippen molar-refractivity contribution in [3.8, 4) is 0 Å². The maximum Gasteiger partial charge on any atom is 0.326 e. The standard InChI is InChI=1S/C14H17N3O3/c1-7-6-10(18)17(8(2)14(19)20)13-11(7)12(9-4-5-9)15-16(13)3/h6,8-9H,4-5H2,1-3H3,(H,19,20). The van der Waals surface area contributed by atoms with Gasteiger partial charge in [0, 0.05) is 24.4 Å². The number of fused-ring (bicyclic) bond motifs is 1. The molecule has 20 heavy (non-hydrogen) atoms. The normalized spacial score (nSPS) is 16.6. The van der Waals surface area contributed by atoms with Gasteiger partial charge in [-0.25, -0.2) is 4.79 Å². The van der Waals surface area contributed by atoms with Crippen LogP contribution in [-0.2, 0) is 11.8 Å². The molecule has 6 nitrogen and oxygen atoms in total. The Hall–Kier alpha value is -2.11. The Balaban J connectivity index is 2.40. The molecule has 0 radical (unpaired) electrons. The molecule has 2 aromatic rings. The number of hydrogen-bond acceptors (Lipinski definition) is 3. The summed E-state index contributed by atoms with van der Waals surface area (Å²) in [6, 6.07) is 0.600. The minimum Gasteiger partial charge on any atom is -0.480 e. The van der Waals surface area contributed by atoms with E-state index in [0.29, 0.717) is 11.6 Å². The molecule has 0 amide bonds. The second-order valence-electron chi connectivity index (χ2n) is 5.53. The second kappa shape index (κ2) is 4.19. The molecule has 1 fully saturated rings. The van der Waals surface area contributed by atoms with Crippen molar-refractivity contribution in [2.24, 2.45) is 7.05 Å². The summed E-state index contributed by atoms with van der Waals surface area (Å²) in [6.45, 7) is 3.40. The van der Waals surface area contributed by atoms with E-state index in [-0.39, 0.29) is 5.56 Å². The van der Waals surface area contributed by atoms with Gasteiger partial charge in [0.25, 0.3) is 5.56 Å². The Morgan fingerprint density at radius 3 is 2.70 bits per heavy atom. The van der Waals surface area contributed by atoms with E-state index in [9.17, 15) is 14.7 Å². The highest BCUT2D eigenvalue weighted by atomic mass is 16.4. The monoisotopic (exact) mass is 275 g/mol. The molecule has 0 saturated heterocycles. The van der Waals surface area contributed by atoms with E-state index in [0.717, 1.165) is 29.5 Å². The first-order valence-corrected chi connectivity index (χ1v) is 6.73. The lowest BCUT2D eigenvalue weighted by molar-refractivity contribution is -0.140. The third-order valence-electron chi connectivity index (χ3n) is 3.95. The minimum absolute atomic E-state index is 0.296. The minimum atomic E-state index is -1.02. The second-order valence-corrected chi connectivity index (χ2v) is 5.53. The molecule has 1 aliphatic rings. The highest BCUT2D eigenvalue weighted by molar-refractivity contribution is 5.85. The van der Waals surface area contributed by atoms with Crippen molar-refractivity contribution in [1.29, 1.82) is 0 Å². The van der Waals surface area contributed by atoms with E-state index in [4.69, 9.17) is 0 Å². The zero-order valence-corrected chi connectivity index (χ0v) is 11.8. The van der Waals surface area contributed by atoms with Gasteiger partial charge in [0.2, 0.25) is 0 Å². The Morgan fingerprint density at radius 1 is 1.50 bits per heavy atom. The maximum atomic E-state index is 12.2. The third-order valence-corrected chi connectivity index (χ3v) is 3.95. The van der Waals surface area contributed by atoms with Gasteiger partial charge in [-0.3, -0.25) is 14.0 Å². The predicted octanol–water partition coefficient (Wildman–Crippen LogP) is 1.57. The van der Waals surface area contributed by atoms with Crippen LogP contribution < -0.4 is 5.56 Å². The third kappa shape index (κ3) is 1.75. The number of pyridine rings is 1. The summed E-state index contributed by atoms with van der Waals surface area (Å²) in [7, 11) is 1.76. The number of aromatic nitrogens is 3. The lowest BCUT2D eigenvalue weighted by atomic mass is 10.1. The number of carboxylic acid groups (broad SMARTS) is 1. The van der Waals surface area contributed by atoms with Crippen LogP contribution in [0.2, 0.25) is 0 Å². The number of aliphatic carboxylic acids is 1. The summed E-state index contributed by atoms with van der Waals surface area (Å²) in [5.74, 6) is -0.574. The first-order valence-electron chi connectivity index (χ1n) is 6.73. The highest BCUT2D eigenvalue weighted by Crippen LogP contribution is 2.43. The fourth-order valence-corrected chi connectivity index (χ4v) is 2.75. The Bertz CT molecular complexity index is 768. The summed E-state index contributed by atoms with van der Waals surface area (Å²) in [5.41, 5.74) is 2.17. The van der Waals surface area contributed by atoms with Gasteiger partial charge in [0.1, 0.15) is 11.7 Å². The van der Waals surface area contributed by atoms with E-state index in [1.54, 1.807) is 11.7 Å². The van der Waals surface area contributed by atoms with Crippen molar-refractivity contribution in [3.63, 3.8) is 0 Å². The molecule has 1 atom stereocenters. The fraction of sp³-hybridized carbons (Fsp3) is 0.500. The van der Waals surface area contributed by atoms with Gasteiger partial charge in [-0.15, -0.1) is 0 Å². The van der Waals surface area contributed by atoms with Gasteiger partial charge in [-0.2, -0.15) is 5.10 Å². The SMILES string of the molecule is Cc1cc(=O)n(C(C)C(=O)O)c2c1c(C1CC1)nn2C. The Kier molecular flexibility index (Phi) is 2.70. The average Bonchev–Trinajstić information content (AvgIpc) is 3.14. The van der Waals surface area contributed by atoms with Gasteiger partial charge in [-0.05, 0) is 32.3 Å². The lowest BCUT2D eigenvalue weighted by Crippen LogP contribution is -2.29. The van der Waals surface area contributed by atoms with E-state index in [1.165, 1.54) is 17.6 Å². The van der Waals surface area contributed by atoms with Crippen molar-refractivity contribution >= 4 is 17.0 Å². The molecule has 106 valence electrons. The van der Waals surface area contributed by atoms with Crippen LogP contribution in [0.5, 0.6) is 0 Å². The van der Waals surface area contributed by atoms with Crippen molar-refractivity contribution in [2.45, 2.75) is 38.6 Å². The van der Waals surface area contributed by atoms with Gasteiger partial charge < -0.3 is 5.11 Å². The molecule has 1 unspecified atom stereocenters. The molecule has 0 aromatic carbocycles. The largest absolute Gasteiger partial charge is 0.480 e. The van der Waals surface area contributed by atoms with Crippen LogP contribution in [0.4, 0.5) is 0 Å². The van der Waals surface area contributed by atoms with E-state index < -0.39 is 12.0 Å². The summed E-state index contributed by atoms with van der Waals surface area (Å²) < 4.78 is 2.96. The van der Waals surface area contributed by atoms with Gasteiger partial charge in [-0.1, -0.05) is 0 Å². The van der Waals surface area contributed by atoms with Crippen LogP contribution in [0.3, 0.4) is 0 Å². The molecule has 0 bridgehead atoms. The molecule has 6 heteroatoms. The summed E-state index contributed by atoms with van der Waals surface area (Å²) in [4.78, 5) is 23.5. The quantitative estimate of drug-likeness (QED) is 0.922. The number of rotatable bonds is 3. The van der Waals surface area contributed by atoms with E-state index in [2.05, 4.69) is 5.10 Å². The molecule has 2 heterocycles. The van der Waals surface area contributed by atoms with Crippen molar-refractivity contribution < 1.29 is 9.90 Å². The van der Waals surface area contributed by atoms with Crippen LogP contribution in [0.25, 0.3) is 11.0 Å². The van der Waals surface area contributed by atoms with Crippen LogP contribution in [-0.4, -0.2) is 25.4 Å². The first kappa shape index (κ1) is 12.9. The predicted molar refractivity (Wildman–Crippen MR) is 74.0 cm³/mol. The summed E-state index contributed by atoms with van der Waals surface area (Å²) in [6.07, 6.45) is 2.22. The van der Waals surface area contributed by atoms with Crippen LogP contribution >= 0.6 is 0 Å². The zero-order chi connectivity index (χ0) is 14.6. The molecule has 1 N–H and O–H groups in total. The van der Waals surface area contributed by atoms with Crippen molar-refractivity contribution in [3.05, 3.63) is 27.7 Å². The number of carbonyl (C=O) groups is 1. The first-order chi connectivity index (χ1) is 9.41. The number of nitrogens with zero attached hydrogens (tertiary/aromatic N) is 3. The summed E-state index contributed by atoms with van der Waals surface area (Å²) >= 11 is 0. The van der Waals surface area contributed by atoms with Crippen LogP contribution in [0.1, 0.15) is 43.0 Å². The van der Waals surface area contributed by atoms with Gasteiger partial charge in [0.05, 0.1) is 5.69 Å². The Morgan fingerprint density at radius 2 is 2.15 bits per heavy atom. The summed E-state index contributed by atoms with van der Waals surface area (Å²) in [5, 5.41) is 14.7. The molecule has 1 aliphatic carbocycles. The van der Waals surface area contributed by atoms with E-state index >= 15 is 0 Å². The number of hydrogen-bond donors (Lipinski definition) is 1. The zero-order valence-electron chi connectivity index (χ0n) is 11.8. The molecule has 3 rings (SSSR count). The number of carboxylic acids is 1. The number of aryl methyl sites for hydroxylation is 2. The highest BCUT2D eigenvalue weighted by Gasteiger charge is 2.31. The van der Waals surface area contributed by atoms with Crippen LogP contribution in [0.15, 0.2) is 10.9 Å². The molecule has 2 aromatic heterocycles. The van der Waals surface area contributed by atoms with Crippen molar-refractivity contribution in [1.82, 2.24) is 14.3 Å². The molecule has 0 spiro atoms. The molecular weight excluding hydrogens is 258 g/mol.